The zero-order chi connectivity index (χ0) is 33.7. The Balaban J connectivity index is 1.25. The predicted molar refractivity (Wildman–Crippen MR) is 196 cm³/mol. The fourth-order valence-electron chi connectivity index (χ4n) is 5.85. The van der Waals surface area contributed by atoms with E-state index in [1.807, 2.05) is 35.8 Å². The summed E-state index contributed by atoms with van der Waals surface area (Å²) in [6.07, 6.45) is 10.7. The maximum atomic E-state index is 13.2. The minimum atomic E-state index is -1.21. The molecule has 2 heterocycles. The van der Waals surface area contributed by atoms with E-state index in [4.69, 9.17) is 9.47 Å². The van der Waals surface area contributed by atoms with Crippen LogP contribution in [-0.2, 0) is 32.6 Å². The molecule has 8 nitrogen and oxygen atoms in total. The van der Waals surface area contributed by atoms with Crippen LogP contribution >= 0.6 is 0 Å². The normalized spacial score (nSPS) is 13.9. The van der Waals surface area contributed by atoms with Crippen molar-refractivity contribution in [3.8, 4) is 16.9 Å². The van der Waals surface area contributed by atoms with Gasteiger partial charge in [0, 0.05) is 60.3 Å². The molecule has 3 aromatic carbocycles. The number of ether oxygens (including phenoxy) is 2. The molecule has 5 rings (SSSR count). The molecule has 0 bridgehead atoms. The van der Waals surface area contributed by atoms with Crippen molar-refractivity contribution in [1.29, 1.82) is 0 Å². The third kappa shape index (κ3) is 9.67. The number of carbonyl (C=O) groups excluding carboxylic acids is 1. The van der Waals surface area contributed by atoms with Crippen molar-refractivity contribution < 1.29 is 18.5 Å². The maximum absolute atomic E-state index is 13.2. The number of benzene rings is 3. The summed E-state index contributed by atoms with van der Waals surface area (Å²) in [7, 11) is -1.21. The van der Waals surface area contributed by atoms with Gasteiger partial charge in [0.1, 0.15) is 12.4 Å². The Morgan fingerprint density at radius 2 is 1.69 bits per heavy atom. The van der Waals surface area contributed by atoms with Gasteiger partial charge in [0.05, 0.1) is 35.2 Å². The van der Waals surface area contributed by atoms with Crippen LogP contribution in [0.3, 0.4) is 0 Å². The van der Waals surface area contributed by atoms with E-state index < -0.39 is 10.8 Å². The smallest absolute Gasteiger partial charge is 0.248 e. The van der Waals surface area contributed by atoms with Crippen molar-refractivity contribution in [2.45, 2.75) is 70.1 Å². The molecule has 1 atom stereocenters. The SMILES string of the molecule is CCCCOCCOc1ccc(-c2ccc(N3CCCC3)c(C(C)=CC(=O)Nc3ccc([S@@](=O)Cc4cncn4CCC)cc3)c2)cc1. The molecular weight excluding hydrogens is 621 g/mol. The Hall–Kier alpha value is -4.21. The van der Waals surface area contributed by atoms with Crippen LogP contribution < -0.4 is 15.0 Å². The number of carbonyl (C=O) groups is 1. The summed E-state index contributed by atoms with van der Waals surface area (Å²) < 4.78 is 26.5. The Bertz CT molecular complexity index is 1680. The summed E-state index contributed by atoms with van der Waals surface area (Å²) in [6.45, 7) is 11.0. The summed E-state index contributed by atoms with van der Waals surface area (Å²) in [5.41, 5.74) is 6.85. The van der Waals surface area contributed by atoms with Crippen molar-refractivity contribution in [3.63, 3.8) is 0 Å². The maximum Gasteiger partial charge on any atom is 0.248 e. The first-order valence-corrected chi connectivity index (χ1v) is 18.4. The quantitative estimate of drug-likeness (QED) is 0.0904. The number of nitrogens with zero attached hydrogens (tertiary/aromatic N) is 3. The molecule has 1 saturated heterocycles. The lowest BCUT2D eigenvalue weighted by atomic mass is 9.97. The third-order valence-corrected chi connectivity index (χ3v) is 9.82. The molecule has 1 fully saturated rings. The summed E-state index contributed by atoms with van der Waals surface area (Å²) in [4.78, 5) is 20.5. The molecule has 1 aliphatic rings. The van der Waals surface area contributed by atoms with Gasteiger partial charge in [-0.15, -0.1) is 0 Å². The molecule has 0 radical (unpaired) electrons. The summed E-state index contributed by atoms with van der Waals surface area (Å²) in [6, 6.07) is 21.9. The second kappa shape index (κ2) is 17.8. The molecule has 0 saturated carbocycles. The highest BCUT2D eigenvalue weighted by molar-refractivity contribution is 7.84. The molecule has 48 heavy (non-hydrogen) atoms. The van der Waals surface area contributed by atoms with Gasteiger partial charge in [0.2, 0.25) is 5.91 Å². The van der Waals surface area contributed by atoms with Crippen molar-refractivity contribution in [1.82, 2.24) is 9.55 Å². The van der Waals surface area contributed by atoms with E-state index in [1.165, 1.54) is 12.8 Å². The number of rotatable bonds is 17. The van der Waals surface area contributed by atoms with Crippen molar-refractivity contribution in [2.24, 2.45) is 0 Å². The van der Waals surface area contributed by atoms with E-state index in [0.717, 1.165) is 84.9 Å². The standard InChI is InChI=1S/C39H48N4O4S/c1-4-6-22-46-23-24-47-35-14-9-31(10-15-35)32-11-18-38(42-20-7-8-21-42)37(26-32)30(3)25-39(44)41-33-12-16-36(17-13-33)48(45)28-34-27-40-29-43(34)19-5-2/h9-18,25-27,29H,4-8,19-24,28H2,1-3H3,(H,41,44)/t48-/m0/s1. The van der Waals surface area contributed by atoms with Crippen LogP contribution in [0.1, 0.15) is 64.1 Å². The highest BCUT2D eigenvalue weighted by atomic mass is 32.2. The summed E-state index contributed by atoms with van der Waals surface area (Å²) in [5, 5.41) is 2.99. The van der Waals surface area contributed by atoms with Gasteiger partial charge in [0.15, 0.2) is 0 Å². The second-order valence-corrected chi connectivity index (χ2v) is 13.6. The van der Waals surface area contributed by atoms with Crippen LogP contribution in [0.2, 0.25) is 0 Å². The van der Waals surface area contributed by atoms with Gasteiger partial charge < -0.3 is 24.3 Å². The number of allylic oxidation sites excluding steroid dienone is 1. The highest BCUT2D eigenvalue weighted by Crippen LogP contribution is 2.34. The highest BCUT2D eigenvalue weighted by Gasteiger charge is 2.18. The average molecular weight is 669 g/mol. The number of aryl methyl sites for hydroxylation is 1. The van der Waals surface area contributed by atoms with E-state index in [9.17, 15) is 9.00 Å². The van der Waals surface area contributed by atoms with Crippen molar-refractivity contribution in [2.75, 3.05) is 43.1 Å². The molecule has 254 valence electrons. The van der Waals surface area contributed by atoms with Gasteiger partial charge in [-0.2, -0.15) is 0 Å². The first kappa shape index (κ1) is 35.1. The first-order chi connectivity index (χ1) is 23.4. The minimum absolute atomic E-state index is 0.206. The summed E-state index contributed by atoms with van der Waals surface area (Å²) >= 11 is 0. The predicted octanol–water partition coefficient (Wildman–Crippen LogP) is 8.11. The fourth-order valence-corrected chi connectivity index (χ4v) is 6.96. The Morgan fingerprint density at radius 3 is 2.42 bits per heavy atom. The van der Waals surface area contributed by atoms with Crippen LogP contribution in [0.25, 0.3) is 16.7 Å². The Labute approximate surface area is 287 Å². The Kier molecular flexibility index (Phi) is 13.0. The molecule has 0 spiro atoms. The number of amides is 1. The van der Waals surface area contributed by atoms with Crippen molar-refractivity contribution >= 4 is 33.7 Å². The number of nitrogens with one attached hydrogen (secondary N) is 1. The number of aromatic nitrogens is 2. The number of anilines is 2. The van der Waals surface area contributed by atoms with Gasteiger partial charge in [0.25, 0.3) is 0 Å². The fraction of sp³-hybridized carbons (Fsp3) is 0.385. The second-order valence-electron chi connectivity index (χ2n) is 12.2. The van der Waals surface area contributed by atoms with E-state index in [2.05, 4.69) is 59.4 Å². The molecule has 0 unspecified atom stereocenters. The number of hydrogen-bond acceptors (Lipinski definition) is 6. The molecule has 0 aliphatic carbocycles. The number of hydrogen-bond donors (Lipinski definition) is 1. The lowest BCUT2D eigenvalue weighted by Crippen LogP contribution is -2.19. The number of unbranched alkanes of at least 4 members (excludes halogenated alkanes) is 1. The first-order valence-electron chi connectivity index (χ1n) is 17.1. The lowest BCUT2D eigenvalue weighted by molar-refractivity contribution is -0.111. The van der Waals surface area contributed by atoms with Gasteiger partial charge in [-0.25, -0.2) is 4.98 Å². The lowest BCUT2D eigenvalue weighted by Gasteiger charge is -2.23. The average Bonchev–Trinajstić information content (AvgIpc) is 3.80. The largest absolute Gasteiger partial charge is 0.491 e. The molecule has 1 amide bonds. The topological polar surface area (TPSA) is 85.7 Å². The third-order valence-electron chi connectivity index (χ3n) is 8.47. The van der Waals surface area contributed by atoms with Crippen LogP contribution in [-0.4, -0.2) is 52.6 Å². The molecule has 9 heteroatoms. The number of imidazole rings is 1. The molecule has 1 N–H and O–H groups in total. The van der Waals surface area contributed by atoms with Gasteiger partial charge >= 0.3 is 0 Å². The Morgan fingerprint density at radius 1 is 0.938 bits per heavy atom. The van der Waals surface area contributed by atoms with E-state index in [0.29, 0.717) is 29.5 Å². The monoisotopic (exact) mass is 668 g/mol. The zero-order valence-electron chi connectivity index (χ0n) is 28.5. The van der Waals surface area contributed by atoms with Gasteiger partial charge in [-0.05, 0) is 97.8 Å². The molecule has 4 aromatic rings. The van der Waals surface area contributed by atoms with E-state index in [-0.39, 0.29) is 5.91 Å². The van der Waals surface area contributed by atoms with Crippen LogP contribution in [0.5, 0.6) is 5.75 Å². The van der Waals surface area contributed by atoms with Gasteiger partial charge in [-0.3, -0.25) is 9.00 Å². The van der Waals surface area contributed by atoms with Crippen molar-refractivity contribution in [3.05, 3.63) is 96.6 Å². The van der Waals surface area contributed by atoms with Crippen LogP contribution in [0.15, 0.2) is 90.2 Å². The molecular formula is C39H48N4O4S. The summed E-state index contributed by atoms with van der Waals surface area (Å²) in [5.74, 6) is 1.01. The molecule has 1 aliphatic heterocycles. The van der Waals surface area contributed by atoms with E-state index in [1.54, 1.807) is 30.7 Å². The molecule has 1 aromatic heterocycles. The van der Waals surface area contributed by atoms with E-state index >= 15 is 0 Å². The zero-order valence-corrected chi connectivity index (χ0v) is 29.3. The van der Waals surface area contributed by atoms with Gasteiger partial charge in [-0.1, -0.05) is 38.5 Å². The van der Waals surface area contributed by atoms with Crippen LogP contribution in [0, 0.1) is 0 Å². The van der Waals surface area contributed by atoms with Crippen LogP contribution in [0.4, 0.5) is 11.4 Å². The minimum Gasteiger partial charge on any atom is -0.491 e.